The van der Waals surface area contributed by atoms with Crippen LogP contribution in [0.25, 0.3) is 0 Å². The second-order valence-electron chi connectivity index (χ2n) is 4.46. The van der Waals surface area contributed by atoms with Crippen LogP contribution in [0.3, 0.4) is 0 Å². The first-order valence-corrected chi connectivity index (χ1v) is 5.55. The fourth-order valence-electron chi connectivity index (χ4n) is 2.43. The Morgan fingerprint density at radius 3 is 2.44 bits per heavy atom. The minimum atomic E-state index is -0.751. The van der Waals surface area contributed by atoms with E-state index in [1.807, 2.05) is 0 Å². The largest absolute Gasteiger partial charge is 0.481 e. The predicted molar refractivity (Wildman–Crippen MR) is 60.0 cm³/mol. The van der Waals surface area contributed by atoms with Crippen molar-refractivity contribution in [2.75, 3.05) is 0 Å². The lowest BCUT2D eigenvalue weighted by molar-refractivity contribution is -0.145. The maximum absolute atomic E-state index is 11.5. The summed E-state index contributed by atoms with van der Waals surface area (Å²) in [4.78, 5) is 15.5. The Morgan fingerprint density at radius 2 is 1.94 bits per heavy atom. The van der Waals surface area contributed by atoms with Crippen LogP contribution in [0.15, 0.2) is 24.5 Å². The summed E-state index contributed by atoms with van der Waals surface area (Å²) in [6.07, 6.45) is 6.08. The molecule has 1 aromatic rings. The summed E-state index contributed by atoms with van der Waals surface area (Å²) >= 11 is 0. The number of aromatic nitrogens is 1. The van der Waals surface area contributed by atoms with Crippen molar-refractivity contribution >= 4 is 5.97 Å². The highest BCUT2D eigenvalue weighted by Crippen LogP contribution is 2.39. The van der Waals surface area contributed by atoms with Crippen molar-refractivity contribution in [1.29, 1.82) is 0 Å². The lowest BCUT2D eigenvalue weighted by Crippen LogP contribution is -2.42. The van der Waals surface area contributed by atoms with Gasteiger partial charge in [-0.25, -0.2) is 0 Å². The fourth-order valence-corrected chi connectivity index (χ4v) is 2.43. The lowest BCUT2D eigenvalue weighted by Gasteiger charge is -2.35. The standard InChI is InChI=1S/C12H16N2O2/c13-10-1-5-12(6-2-10,11(15)16)9-3-7-14-8-4-9/h3-4,7-8,10H,1-2,5-6,13H2,(H,15,16). The summed E-state index contributed by atoms with van der Waals surface area (Å²) in [6.45, 7) is 0. The first-order chi connectivity index (χ1) is 7.65. The van der Waals surface area contributed by atoms with Crippen molar-refractivity contribution in [3.63, 3.8) is 0 Å². The highest BCUT2D eigenvalue weighted by molar-refractivity contribution is 5.81. The van der Waals surface area contributed by atoms with E-state index >= 15 is 0 Å². The maximum Gasteiger partial charge on any atom is 0.314 e. The molecule has 0 amide bonds. The van der Waals surface area contributed by atoms with Gasteiger partial charge in [0.1, 0.15) is 0 Å². The molecule has 0 aliphatic heterocycles. The zero-order chi connectivity index (χ0) is 11.6. The molecule has 0 spiro atoms. The number of aliphatic carboxylic acids is 1. The van der Waals surface area contributed by atoms with Crippen LogP contribution in [-0.2, 0) is 10.2 Å². The van der Waals surface area contributed by atoms with Gasteiger partial charge >= 0.3 is 5.97 Å². The van der Waals surface area contributed by atoms with Gasteiger partial charge in [-0.15, -0.1) is 0 Å². The number of nitrogens with two attached hydrogens (primary N) is 1. The molecule has 1 heterocycles. The molecule has 0 radical (unpaired) electrons. The topological polar surface area (TPSA) is 76.2 Å². The molecule has 0 aromatic carbocycles. The first-order valence-electron chi connectivity index (χ1n) is 5.55. The van der Waals surface area contributed by atoms with Gasteiger partial charge in [0.05, 0.1) is 5.41 Å². The Bertz CT molecular complexity index is 370. The van der Waals surface area contributed by atoms with Crippen LogP contribution in [0, 0.1) is 0 Å². The number of carbonyl (C=O) groups is 1. The molecule has 0 bridgehead atoms. The molecule has 1 aliphatic carbocycles. The van der Waals surface area contributed by atoms with Gasteiger partial charge in [0.15, 0.2) is 0 Å². The van der Waals surface area contributed by atoms with E-state index in [0.717, 1.165) is 18.4 Å². The normalized spacial score (nSPS) is 29.9. The van der Waals surface area contributed by atoms with Gasteiger partial charge in [-0.3, -0.25) is 9.78 Å². The van der Waals surface area contributed by atoms with Gasteiger partial charge in [0.2, 0.25) is 0 Å². The van der Waals surface area contributed by atoms with Gasteiger partial charge in [0, 0.05) is 18.4 Å². The van der Waals surface area contributed by atoms with E-state index < -0.39 is 11.4 Å². The second kappa shape index (κ2) is 4.22. The van der Waals surface area contributed by atoms with Crippen molar-refractivity contribution in [2.24, 2.45) is 5.73 Å². The Morgan fingerprint density at radius 1 is 1.38 bits per heavy atom. The molecule has 0 saturated heterocycles. The highest BCUT2D eigenvalue weighted by atomic mass is 16.4. The summed E-state index contributed by atoms with van der Waals surface area (Å²) in [7, 11) is 0. The van der Waals surface area contributed by atoms with Crippen LogP contribution in [0.5, 0.6) is 0 Å². The average Bonchev–Trinajstić information content (AvgIpc) is 2.31. The van der Waals surface area contributed by atoms with Gasteiger partial charge in [-0.2, -0.15) is 0 Å². The van der Waals surface area contributed by atoms with Crippen LogP contribution in [0.2, 0.25) is 0 Å². The van der Waals surface area contributed by atoms with E-state index in [9.17, 15) is 9.90 Å². The summed E-state index contributed by atoms with van der Waals surface area (Å²) < 4.78 is 0. The van der Waals surface area contributed by atoms with Gasteiger partial charge in [-0.05, 0) is 43.4 Å². The highest BCUT2D eigenvalue weighted by Gasteiger charge is 2.42. The predicted octanol–water partition coefficient (Wildman–Crippen LogP) is 1.31. The Balaban J connectivity index is 2.34. The molecule has 3 N–H and O–H groups in total. The lowest BCUT2D eigenvalue weighted by atomic mass is 9.68. The molecule has 2 rings (SSSR count). The number of carboxylic acid groups (broad SMARTS) is 1. The van der Waals surface area contributed by atoms with Crippen molar-refractivity contribution in [3.05, 3.63) is 30.1 Å². The molecular weight excluding hydrogens is 204 g/mol. The van der Waals surface area contributed by atoms with Crippen molar-refractivity contribution in [2.45, 2.75) is 37.1 Å². The summed E-state index contributed by atoms with van der Waals surface area (Å²) in [5.74, 6) is -0.745. The molecule has 1 aliphatic rings. The van der Waals surface area contributed by atoms with Crippen LogP contribution in [-0.4, -0.2) is 22.1 Å². The Kier molecular flexibility index (Phi) is 2.92. The van der Waals surface area contributed by atoms with Crippen LogP contribution < -0.4 is 5.73 Å². The third-order valence-corrected chi connectivity index (χ3v) is 3.53. The van der Waals surface area contributed by atoms with Crippen LogP contribution in [0.4, 0.5) is 0 Å². The zero-order valence-electron chi connectivity index (χ0n) is 9.10. The van der Waals surface area contributed by atoms with E-state index in [0.29, 0.717) is 12.8 Å². The number of hydrogen-bond donors (Lipinski definition) is 2. The van der Waals surface area contributed by atoms with E-state index in [4.69, 9.17) is 5.73 Å². The van der Waals surface area contributed by atoms with Crippen molar-refractivity contribution in [3.8, 4) is 0 Å². The number of nitrogens with zero attached hydrogens (tertiary/aromatic N) is 1. The maximum atomic E-state index is 11.5. The molecule has 86 valence electrons. The summed E-state index contributed by atoms with van der Waals surface area (Å²) in [5, 5.41) is 9.47. The minimum absolute atomic E-state index is 0.148. The smallest absolute Gasteiger partial charge is 0.314 e. The molecule has 4 nitrogen and oxygen atoms in total. The minimum Gasteiger partial charge on any atom is -0.481 e. The average molecular weight is 220 g/mol. The SMILES string of the molecule is NC1CCC(C(=O)O)(c2ccncc2)CC1. The fraction of sp³-hybridized carbons (Fsp3) is 0.500. The molecule has 1 fully saturated rings. The monoisotopic (exact) mass is 220 g/mol. The van der Waals surface area contributed by atoms with Gasteiger partial charge in [0.25, 0.3) is 0 Å². The third-order valence-electron chi connectivity index (χ3n) is 3.53. The molecular formula is C12H16N2O2. The molecule has 0 atom stereocenters. The first kappa shape index (κ1) is 11.1. The van der Waals surface area contributed by atoms with Gasteiger partial charge < -0.3 is 10.8 Å². The van der Waals surface area contributed by atoms with Gasteiger partial charge in [-0.1, -0.05) is 0 Å². The van der Waals surface area contributed by atoms with E-state index in [-0.39, 0.29) is 6.04 Å². The second-order valence-corrected chi connectivity index (χ2v) is 4.46. The number of carboxylic acids is 1. The molecule has 4 heteroatoms. The number of pyridine rings is 1. The van der Waals surface area contributed by atoms with Crippen molar-refractivity contribution in [1.82, 2.24) is 4.98 Å². The van der Waals surface area contributed by atoms with Crippen molar-refractivity contribution < 1.29 is 9.90 Å². The number of hydrogen-bond acceptors (Lipinski definition) is 3. The van der Waals surface area contributed by atoms with Crippen LogP contribution >= 0.6 is 0 Å². The summed E-state index contributed by atoms with van der Waals surface area (Å²) in [5.41, 5.74) is 5.93. The molecule has 16 heavy (non-hydrogen) atoms. The quantitative estimate of drug-likeness (QED) is 0.787. The van der Waals surface area contributed by atoms with E-state index in [1.165, 1.54) is 0 Å². The van der Waals surface area contributed by atoms with Crippen LogP contribution in [0.1, 0.15) is 31.2 Å². The molecule has 0 unspecified atom stereocenters. The third kappa shape index (κ3) is 1.80. The molecule has 1 saturated carbocycles. The zero-order valence-corrected chi connectivity index (χ0v) is 9.10. The van der Waals surface area contributed by atoms with E-state index in [2.05, 4.69) is 4.98 Å². The Labute approximate surface area is 94.5 Å². The summed E-state index contributed by atoms with van der Waals surface area (Å²) in [6, 6.07) is 3.74. The number of rotatable bonds is 2. The molecule has 1 aromatic heterocycles. The Hall–Kier alpha value is -1.42. The van der Waals surface area contributed by atoms with E-state index in [1.54, 1.807) is 24.5 Å².